The summed E-state index contributed by atoms with van der Waals surface area (Å²) in [5, 5.41) is 17.5. The van der Waals surface area contributed by atoms with E-state index in [1.54, 1.807) is 0 Å². The molecule has 0 saturated heterocycles. The first-order valence-electron chi connectivity index (χ1n) is 10.1. The molecule has 0 heterocycles. The molecule has 7 heteroatoms. The molecule has 2 unspecified atom stereocenters. The summed E-state index contributed by atoms with van der Waals surface area (Å²) in [5.74, 6) is -1.67. The first kappa shape index (κ1) is 31.2. The van der Waals surface area contributed by atoms with Crippen LogP contribution in [-0.4, -0.2) is 47.6 Å². The maximum Gasteiger partial charge on any atom is 0.332 e. The second kappa shape index (κ2) is 23.5. The van der Waals surface area contributed by atoms with Crippen molar-refractivity contribution in [2.75, 3.05) is 13.2 Å². The molecule has 0 aromatic carbocycles. The van der Waals surface area contributed by atoms with Crippen molar-refractivity contribution in [2.24, 2.45) is 0 Å². The quantitative estimate of drug-likeness (QED) is 0.261. The minimum absolute atomic E-state index is 0. The number of unbranched alkanes of at least 4 members (excludes halogenated alkanes) is 6. The van der Waals surface area contributed by atoms with E-state index in [9.17, 15) is 9.59 Å². The Hall–Kier alpha value is -0.517. The number of aliphatic carboxylic acids is 2. The van der Waals surface area contributed by atoms with Gasteiger partial charge < -0.3 is 19.7 Å². The van der Waals surface area contributed by atoms with Crippen LogP contribution in [-0.2, 0) is 38.5 Å². The van der Waals surface area contributed by atoms with Gasteiger partial charge in [-0.3, -0.25) is 0 Å². The van der Waals surface area contributed by atoms with Crippen LogP contribution in [0.4, 0.5) is 0 Å². The van der Waals surface area contributed by atoms with E-state index in [2.05, 4.69) is 13.8 Å². The molecule has 0 aliphatic rings. The molecule has 0 aromatic heterocycles. The number of carboxylic acids is 2. The molecule has 0 aliphatic heterocycles. The number of carboxylic acid groups (broad SMARTS) is 2. The van der Waals surface area contributed by atoms with Gasteiger partial charge in [0.25, 0.3) is 0 Å². The predicted octanol–water partition coefficient (Wildman–Crippen LogP) is 4.89. The second-order valence-corrected chi connectivity index (χ2v) is 6.26. The average Bonchev–Trinajstić information content (AvgIpc) is 2.60. The van der Waals surface area contributed by atoms with E-state index in [1.807, 2.05) is 13.8 Å². The minimum atomic E-state index is -0.835. The summed E-state index contributed by atoms with van der Waals surface area (Å²) in [6.45, 7) is 8.87. The van der Waals surface area contributed by atoms with E-state index >= 15 is 0 Å². The van der Waals surface area contributed by atoms with Crippen molar-refractivity contribution < 1.29 is 48.8 Å². The summed E-state index contributed by atoms with van der Waals surface area (Å²) in [4.78, 5) is 21.3. The van der Waals surface area contributed by atoms with E-state index in [-0.39, 0.29) is 19.5 Å². The second-order valence-electron chi connectivity index (χ2n) is 6.26. The zero-order chi connectivity index (χ0) is 20.2. The molecule has 0 bridgehead atoms. The number of hydrogen-bond donors (Lipinski definition) is 2. The fourth-order valence-electron chi connectivity index (χ4n) is 2.47. The van der Waals surface area contributed by atoms with Gasteiger partial charge >= 0.3 is 11.9 Å². The van der Waals surface area contributed by atoms with Gasteiger partial charge in [-0.25, -0.2) is 9.59 Å². The van der Waals surface area contributed by atoms with Crippen LogP contribution >= 0.6 is 0 Å². The summed E-state index contributed by atoms with van der Waals surface area (Å²) in [5.41, 5.74) is 0. The van der Waals surface area contributed by atoms with Gasteiger partial charge in [0.1, 0.15) is 0 Å². The SMILES string of the molecule is CCCCCCC(OCC)C(=O)O.CCCCCCC(OCC)C(=O)O.[Zn]. The third kappa shape index (κ3) is 21.6. The van der Waals surface area contributed by atoms with Crippen LogP contribution < -0.4 is 0 Å². The van der Waals surface area contributed by atoms with Crippen LogP contribution in [0, 0.1) is 0 Å². The van der Waals surface area contributed by atoms with Crippen molar-refractivity contribution in [2.45, 2.75) is 104 Å². The summed E-state index contributed by atoms with van der Waals surface area (Å²) < 4.78 is 10.2. The van der Waals surface area contributed by atoms with E-state index in [0.29, 0.717) is 26.1 Å². The number of rotatable bonds is 16. The summed E-state index contributed by atoms with van der Waals surface area (Å²) in [6, 6.07) is 0. The molecule has 27 heavy (non-hydrogen) atoms. The first-order chi connectivity index (χ1) is 12.4. The Labute approximate surface area is 178 Å². The maximum atomic E-state index is 10.6. The molecule has 0 spiro atoms. The molecule has 0 aromatic rings. The average molecular weight is 442 g/mol. The number of carbonyl (C=O) groups is 2. The van der Waals surface area contributed by atoms with Gasteiger partial charge in [-0.1, -0.05) is 65.2 Å². The van der Waals surface area contributed by atoms with Crippen molar-refractivity contribution in [1.29, 1.82) is 0 Å². The maximum absolute atomic E-state index is 10.6. The number of hydrogen-bond acceptors (Lipinski definition) is 4. The fourth-order valence-corrected chi connectivity index (χ4v) is 2.47. The van der Waals surface area contributed by atoms with Crippen LogP contribution in [0.3, 0.4) is 0 Å². The Balaban J connectivity index is -0.000000411. The summed E-state index contributed by atoms with van der Waals surface area (Å²) in [7, 11) is 0. The van der Waals surface area contributed by atoms with Crippen LogP contribution in [0.5, 0.6) is 0 Å². The monoisotopic (exact) mass is 440 g/mol. The van der Waals surface area contributed by atoms with Crippen LogP contribution in [0.15, 0.2) is 0 Å². The molecule has 2 atom stereocenters. The van der Waals surface area contributed by atoms with Gasteiger partial charge in [0.15, 0.2) is 12.2 Å². The third-order valence-electron chi connectivity index (χ3n) is 3.93. The normalized spacial score (nSPS) is 12.3. The Bertz CT molecular complexity index is 306. The van der Waals surface area contributed by atoms with Gasteiger partial charge in [0, 0.05) is 32.7 Å². The van der Waals surface area contributed by atoms with E-state index in [4.69, 9.17) is 19.7 Å². The molecular weight excluding hydrogens is 402 g/mol. The van der Waals surface area contributed by atoms with Crippen molar-refractivity contribution in [1.82, 2.24) is 0 Å². The predicted molar refractivity (Wildman–Crippen MR) is 104 cm³/mol. The van der Waals surface area contributed by atoms with Gasteiger partial charge in [0.05, 0.1) is 0 Å². The molecule has 0 radical (unpaired) electrons. The molecule has 0 saturated carbocycles. The van der Waals surface area contributed by atoms with Crippen molar-refractivity contribution in [3.63, 3.8) is 0 Å². The molecule has 0 fully saturated rings. The van der Waals surface area contributed by atoms with E-state index in [0.717, 1.165) is 25.7 Å². The zero-order valence-electron chi connectivity index (χ0n) is 17.9. The van der Waals surface area contributed by atoms with Gasteiger partial charge in [-0.15, -0.1) is 0 Å². The summed E-state index contributed by atoms with van der Waals surface area (Å²) >= 11 is 0. The van der Waals surface area contributed by atoms with Crippen molar-refractivity contribution in [3.8, 4) is 0 Å². The fraction of sp³-hybridized carbons (Fsp3) is 0.900. The Morgan fingerprint density at radius 2 is 1.00 bits per heavy atom. The van der Waals surface area contributed by atoms with Gasteiger partial charge in [-0.2, -0.15) is 0 Å². The first-order valence-corrected chi connectivity index (χ1v) is 10.1. The minimum Gasteiger partial charge on any atom is -0.479 e. The molecule has 2 N–H and O–H groups in total. The van der Waals surface area contributed by atoms with Gasteiger partial charge in [0.2, 0.25) is 0 Å². The van der Waals surface area contributed by atoms with Gasteiger partial charge in [-0.05, 0) is 26.7 Å². The zero-order valence-corrected chi connectivity index (χ0v) is 20.8. The standard InChI is InChI=1S/2C10H20O3.Zn/c2*1-3-5-6-7-8-9(10(11)12)13-4-2;/h2*9H,3-8H2,1-2H3,(H,11,12);. The molecule has 158 valence electrons. The van der Waals surface area contributed by atoms with Crippen molar-refractivity contribution in [3.05, 3.63) is 0 Å². The van der Waals surface area contributed by atoms with Crippen LogP contribution in [0.2, 0.25) is 0 Å². The third-order valence-corrected chi connectivity index (χ3v) is 3.93. The Morgan fingerprint density at radius 1 is 0.667 bits per heavy atom. The molecular formula is C20H40O6Zn. The summed E-state index contributed by atoms with van der Waals surface area (Å²) in [6.07, 6.45) is 8.90. The van der Waals surface area contributed by atoms with E-state index in [1.165, 1.54) is 25.7 Å². The molecule has 6 nitrogen and oxygen atoms in total. The Morgan fingerprint density at radius 3 is 1.22 bits per heavy atom. The molecule has 0 amide bonds. The van der Waals surface area contributed by atoms with E-state index < -0.39 is 24.1 Å². The molecule has 0 rings (SSSR count). The Kier molecular flexibility index (Phi) is 27.2. The smallest absolute Gasteiger partial charge is 0.332 e. The van der Waals surface area contributed by atoms with Crippen molar-refractivity contribution >= 4 is 11.9 Å². The number of ether oxygens (including phenoxy) is 2. The topological polar surface area (TPSA) is 93.1 Å². The van der Waals surface area contributed by atoms with Crippen LogP contribution in [0.25, 0.3) is 0 Å². The largest absolute Gasteiger partial charge is 0.479 e. The van der Waals surface area contributed by atoms with Crippen LogP contribution in [0.1, 0.15) is 91.9 Å². The molecule has 0 aliphatic carbocycles.